The van der Waals surface area contributed by atoms with Gasteiger partial charge in [-0.3, -0.25) is 4.79 Å². The maximum absolute atomic E-state index is 14.7. The van der Waals surface area contributed by atoms with Gasteiger partial charge in [0.1, 0.15) is 18.0 Å². The van der Waals surface area contributed by atoms with Crippen LogP contribution < -0.4 is 13.7 Å². The maximum atomic E-state index is 14.7. The molecule has 3 N–H and O–H groups in total. The summed E-state index contributed by atoms with van der Waals surface area (Å²) in [6.45, 7) is -0.410. The van der Waals surface area contributed by atoms with Crippen molar-refractivity contribution in [1.29, 1.82) is 0 Å². The number of amides is 1. The van der Waals surface area contributed by atoms with Crippen LogP contribution in [0.3, 0.4) is 0 Å². The molecule has 1 saturated carbocycles. The first kappa shape index (κ1) is 19.4. The number of hydrogen-bond acceptors (Lipinski definition) is 6. The van der Waals surface area contributed by atoms with Crippen molar-refractivity contribution in [3.8, 4) is 17.6 Å². The van der Waals surface area contributed by atoms with Gasteiger partial charge in [0.25, 0.3) is 5.91 Å². The topological polar surface area (TPSA) is 133 Å². The van der Waals surface area contributed by atoms with Crippen LogP contribution in [0, 0.1) is 29.5 Å². The fraction of sp³-hybridized carbons (Fsp3) is 0.400. The molecule has 0 aromatic heterocycles. The summed E-state index contributed by atoms with van der Waals surface area (Å²) in [6.07, 6.45) is 1.70. The second kappa shape index (κ2) is 6.66. The number of sulfonamides is 1. The molecule has 9 nitrogen and oxygen atoms in total. The van der Waals surface area contributed by atoms with Crippen molar-refractivity contribution in [1.82, 2.24) is 9.44 Å². The highest BCUT2D eigenvalue weighted by Gasteiger charge is 2.38. The molecular weight excluding hydrogens is 401 g/mol. The summed E-state index contributed by atoms with van der Waals surface area (Å²) in [5.74, 6) is 2.76. The van der Waals surface area contributed by atoms with Crippen LogP contribution in [0.15, 0.2) is 12.1 Å². The first-order chi connectivity index (χ1) is 12.5. The Morgan fingerprint density at radius 2 is 2.15 bits per heavy atom. The molecule has 2 atom stereocenters. The second-order valence-corrected chi connectivity index (χ2v) is 9.75. The van der Waals surface area contributed by atoms with Crippen LogP contribution >= 0.6 is 0 Å². The molecule has 1 aromatic rings. The fourth-order valence-electron chi connectivity index (χ4n) is 2.61. The molecule has 1 aromatic carbocycles. The summed E-state index contributed by atoms with van der Waals surface area (Å²) < 4.78 is 65.1. The van der Waals surface area contributed by atoms with Gasteiger partial charge in [0.05, 0.1) is 11.8 Å². The van der Waals surface area contributed by atoms with Gasteiger partial charge in [-0.2, -0.15) is 8.42 Å². The van der Waals surface area contributed by atoms with Gasteiger partial charge in [-0.25, -0.2) is 26.6 Å². The molecule has 1 amide bonds. The van der Waals surface area contributed by atoms with E-state index in [9.17, 15) is 31.1 Å². The van der Waals surface area contributed by atoms with Crippen molar-refractivity contribution in [2.75, 3.05) is 23.7 Å². The average molecular weight is 417 g/mol. The third-order valence-electron chi connectivity index (χ3n) is 4.09. The molecule has 146 valence electrons. The Balaban J connectivity index is 1.81. The average Bonchev–Trinajstić information content (AvgIpc) is 3.22. The summed E-state index contributed by atoms with van der Waals surface area (Å²) in [4.78, 5) is 11.3. The zero-order chi connectivity index (χ0) is 20.0. The number of hydrogen-bond donors (Lipinski definition) is 3. The smallest absolute Gasteiger partial charge is 0.326 e. The molecule has 0 unspecified atom stereocenters. The van der Waals surface area contributed by atoms with E-state index in [1.165, 1.54) is 6.07 Å². The van der Waals surface area contributed by atoms with Crippen LogP contribution in [-0.4, -0.2) is 47.2 Å². The highest BCUT2D eigenvalue weighted by molar-refractivity contribution is 7.92. The number of benzene rings is 1. The largest absolute Gasteiger partial charge is 0.506 e. The predicted molar refractivity (Wildman–Crippen MR) is 93.8 cm³/mol. The number of nitrogens with zero attached hydrogens (tertiary/aromatic N) is 1. The normalized spacial score (nSPS) is 23.5. The number of halogens is 1. The van der Waals surface area contributed by atoms with Crippen molar-refractivity contribution in [2.24, 2.45) is 11.8 Å². The van der Waals surface area contributed by atoms with Gasteiger partial charge >= 0.3 is 10.2 Å². The Kier molecular flexibility index (Phi) is 4.79. The lowest BCUT2D eigenvalue weighted by Gasteiger charge is -2.17. The minimum absolute atomic E-state index is 0.0210. The first-order valence-corrected chi connectivity index (χ1v) is 11.1. The van der Waals surface area contributed by atoms with Crippen LogP contribution in [0.5, 0.6) is 5.75 Å². The quantitative estimate of drug-likeness (QED) is 0.552. The number of carbonyl (C=O) groups excluding carboxylic acids is 1. The minimum Gasteiger partial charge on any atom is -0.506 e. The van der Waals surface area contributed by atoms with E-state index in [1.807, 2.05) is 0 Å². The van der Waals surface area contributed by atoms with E-state index in [1.54, 1.807) is 4.72 Å². The van der Waals surface area contributed by atoms with E-state index >= 15 is 0 Å². The summed E-state index contributed by atoms with van der Waals surface area (Å²) >= 11 is 0. The first-order valence-electron chi connectivity index (χ1n) is 7.79. The van der Waals surface area contributed by atoms with Crippen molar-refractivity contribution < 1.29 is 31.1 Å². The van der Waals surface area contributed by atoms with E-state index in [4.69, 9.17) is 0 Å². The van der Waals surface area contributed by atoms with Gasteiger partial charge in [-0.15, -0.1) is 0 Å². The summed E-state index contributed by atoms with van der Waals surface area (Å²) in [6, 6.07) is 2.29. The van der Waals surface area contributed by atoms with E-state index < -0.39 is 49.9 Å². The van der Waals surface area contributed by atoms with E-state index in [-0.39, 0.29) is 23.9 Å². The van der Waals surface area contributed by atoms with Crippen LogP contribution in [0.4, 0.5) is 10.1 Å². The molecule has 2 aliphatic rings. The van der Waals surface area contributed by atoms with Crippen molar-refractivity contribution in [3.05, 3.63) is 23.5 Å². The molecule has 1 aliphatic heterocycles. The van der Waals surface area contributed by atoms with Crippen LogP contribution in [-0.2, 0) is 25.0 Å². The molecular formula is C15H16FN3O6S2. The Morgan fingerprint density at radius 3 is 2.74 bits per heavy atom. The highest BCUT2D eigenvalue weighted by atomic mass is 32.2. The van der Waals surface area contributed by atoms with Gasteiger partial charge in [0, 0.05) is 12.5 Å². The summed E-state index contributed by atoms with van der Waals surface area (Å²) in [5, 5.41) is 9.87. The third kappa shape index (κ3) is 4.32. The third-order valence-corrected chi connectivity index (χ3v) is 6.16. The Bertz CT molecular complexity index is 1070. The number of phenolic OH excluding ortho intramolecular Hbond substituents is 1. The summed E-state index contributed by atoms with van der Waals surface area (Å²) in [5.41, 5.74) is -0.787. The van der Waals surface area contributed by atoms with Crippen molar-refractivity contribution in [2.45, 2.75) is 6.42 Å². The SMILES string of the molecule is CS(=O)(=O)NC[C@@H]1C[C@H]1C#Cc1ccc(O)c(N2CC(=O)NS2(=O)=O)c1F. The van der Waals surface area contributed by atoms with Crippen LogP contribution in [0.2, 0.25) is 0 Å². The van der Waals surface area contributed by atoms with Crippen molar-refractivity contribution in [3.63, 3.8) is 0 Å². The predicted octanol–water partition coefficient (Wildman–Crippen LogP) is -0.751. The zero-order valence-electron chi connectivity index (χ0n) is 14.1. The Labute approximate surface area is 155 Å². The number of nitrogens with one attached hydrogen (secondary N) is 2. The van der Waals surface area contributed by atoms with Gasteiger partial charge in [0.2, 0.25) is 10.0 Å². The van der Waals surface area contributed by atoms with Crippen LogP contribution in [0.1, 0.15) is 12.0 Å². The molecule has 1 aliphatic carbocycles. The highest BCUT2D eigenvalue weighted by Crippen LogP contribution is 2.38. The molecule has 0 radical (unpaired) electrons. The van der Waals surface area contributed by atoms with Crippen LogP contribution in [0.25, 0.3) is 0 Å². The molecule has 2 fully saturated rings. The van der Waals surface area contributed by atoms with E-state index in [0.717, 1.165) is 12.3 Å². The molecule has 1 heterocycles. The Morgan fingerprint density at radius 1 is 1.44 bits per heavy atom. The molecule has 27 heavy (non-hydrogen) atoms. The van der Waals surface area contributed by atoms with Gasteiger partial charge < -0.3 is 5.11 Å². The van der Waals surface area contributed by atoms with E-state index in [2.05, 4.69) is 16.6 Å². The second-order valence-electron chi connectivity index (χ2n) is 6.32. The van der Waals surface area contributed by atoms with Crippen molar-refractivity contribution >= 4 is 31.8 Å². The molecule has 3 rings (SSSR count). The van der Waals surface area contributed by atoms with E-state index in [0.29, 0.717) is 10.7 Å². The number of carbonyl (C=O) groups is 1. The molecule has 0 bridgehead atoms. The Hall–Kier alpha value is -2.36. The molecule has 0 spiro atoms. The number of phenols is 1. The number of anilines is 1. The lowest BCUT2D eigenvalue weighted by molar-refractivity contribution is -0.117. The zero-order valence-corrected chi connectivity index (χ0v) is 15.7. The fourth-order valence-corrected chi connectivity index (χ4v) is 4.29. The standard InChI is InChI=1S/C15H16FN3O6S2/c1-26(22,23)17-7-11-6-10(11)3-2-9-4-5-12(20)15(14(9)16)19-8-13(21)18-27(19,24)25/h4-5,10-11,17,20H,6-8H2,1H3,(H,18,21)/t10-,11+/m1/s1. The number of aromatic hydroxyl groups is 1. The monoisotopic (exact) mass is 417 g/mol. The lowest BCUT2D eigenvalue weighted by Crippen LogP contribution is -2.30. The van der Waals surface area contributed by atoms with Gasteiger partial charge in [-0.05, 0) is 24.5 Å². The molecule has 12 heteroatoms. The minimum atomic E-state index is -4.28. The number of rotatable bonds is 4. The maximum Gasteiger partial charge on any atom is 0.326 e. The van der Waals surface area contributed by atoms with Gasteiger partial charge in [-0.1, -0.05) is 11.8 Å². The lowest BCUT2D eigenvalue weighted by atomic mass is 10.1. The van der Waals surface area contributed by atoms with Gasteiger partial charge in [0.15, 0.2) is 5.82 Å². The summed E-state index contributed by atoms with van der Waals surface area (Å²) in [7, 11) is -7.57. The molecule has 1 saturated heterocycles.